The molecule has 0 amide bonds. The topological polar surface area (TPSA) is 61.8 Å². The van der Waals surface area contributed by atoms with Gasteiger partial charge in [-0.15, -0.1) is 0 Å². The lowest BCUT2D eigenvalue weighted by molar-refractivity contribution is -0.291. The maximum absolute atomic E-state index is 12.8. The molecule has 0 aromatic heterocycles. The molecule has 25 heavy (non-hydrogen) atoms. The summed E-state index contributed by atoms with van der Waals surface area (Å²) in [4.78, 5) is 25.6. The lowest BCUT2D eigenvalue weighted by atomic mass is 9.76. The van der Waals surface area contributed by atoms with E-state index in [1.807, 2.05) is 60.7 Å². The fourth-order valence-corrected chi connectivity index (χ4v) is 2.95. The normalized spacial score (nSPS) is 17.0. The molecular weight excluding hydrogens is 320 g/mol. The van der Waals surface area contributed by atoms with Crippen LogP contribution in [0.2, 0.25) is 0 Å². The molecule has 3 rings (SSSR count). The van der Waals surface area contributed by atoms with Gasteiger partial charge in [-0.05, 0) is 30.9 Å². The number of esters is 2. The zero-order valence-electron chi connectivity index (χ0n) is 14.0. The van der Waals surface area contributed by atoms with Crippen LogP contribution in [0.5, 0.6) is 0 Å². The van der Waals surface area contributed by atoms with Crippen LogP contribution in [0.15, 0.2) is 60.7 Å². The maximum Gasteiger partial charge on any atom is 0.365 e. The van der Waals surface area contributed by atoms with Crippen molar-refractivity contribution in [1.29, 1.82) is 0 Å². The number of carbonyl (C=O) groups is 2. The van der Waals surface area contributed by atoms with Crippen molar-refractivity contribution in [2.24, 2.45) is 5.41 Å². The van der Waals surface area contributed by atoms with E-state index in [9.17, 15) is 9.59 Å². The van der Waals surface area contributed by atoms with Crippen LogP contribution in [0.25, 0.3) is 0 Å². The highest BCUT2D eigenvalue weighted by atomic mass is 16.9. The van der Waals surface area contributed by atoms with Crippen molar-refractivity contribution in [3.05, 3.63) is 71.8 Å². The Balaban J connectivity index is 1.94. The Bertz CT molecular complexity index is 665. The second-order valence-corrected chi connectivity index (χ2v) is 5.96. The number of ether oxygens (including phenoxy) is 3. The van der Waals surface area contributed by atoms with Crippen LogP contribution in [0.3, 0.4) is 0 Å². The highest BCUT2D eigenvalue weighted by molar-refractivity contribution is 6.02. The largest absolute Gasteiger partial charge is 0.399 e. The molecule has 1 aliphatic heterocycles. The molecule has 2 aromatic carbocycles. The minimum absolute atomic E-state index is 0.208. The fourth-order valence-electron chi connectivity index (χ4n) is 2.95. The third-order valence-corrected chi connectivity index (χ3v) is 4.19. The van der Waals surface area contributed by atoms with Crippen LogP contribution in [0, 0.1) is 5.41 Å². The second kappa shape index (κ2) is 7.49. The van der Waals surface area contributed by atoms with Crippen LogP contribution >= 0.6 is 0 Å². The summed E-state index contributed by atoms with van der Waals surface area (Å²) in [5.41, 5.74) is 0.306. The molecule has 1 aliphatic rings. The number of carbonyl (C=O) groups excluding carboxylic acids is 2. The van der Waals surface area contributed by atoms with E-state index in [0.29, 0.717) is 0 Å². The van der Waals surface area contributed by atoms with E-state index in [1.54, 1.807) is 6.92 Å². The number of rotatable bonds is 6. The number of benzene rings is 2. The van der Waals surface area contributed by atoms with Crippen LogP contribution in [0.1, 0.15) is 18.1 Å². The Kier molecular flexibility index (Phi) is 5.14. The second-order valence-electron chi connectivity index (χ2n) is 5.96. The van der Waals surface area contributed by atoms with Gasteiger partial charge in [0.25, 0.3) is 0 Å². The van der Waals surface area contributed by atoms with Gasteiger partial charge in [0.05, 0.1) is 6.61 Å². The van der Waals surface area contributed by atoms with E-state index in [0.717, 1.165) is 11.1 Å². The van der Waals surface area contributed by atoms with E-state index >= 15 is 0 Å². The van der Waals surface area contributed by atoms with Crippen LogP contribution < -0.4 is 0 Å². The summed E-state index contributed by atoms with van der Waals surface area (Å²) in [5.74, 6) is -1.23. The Morgan fingerprint density at radius 3 is 1.68 bits per heavy atom. The van der Waals surface area contributed by atoms with Crippen molar-refractivity contribution < 1.29 is 23.8 Å². The van der Waals surface area contributed by atoms with Crippen molar-refractivity contribution in [3.8, 4) is 0 Å². The molecule has 0 radical (unpaired) electrons. The van der Waals surface area contributed by atoms with Crippen LogP contribution in [-0.4, -0.2) is 25.0 Å². The average molecular weight is 340 g/mol. The van der Waals surface area contributed by atoms with Crippen molar-refractivity contribution >= 4 is 11.9 Å². The standard InChI is InChI=1S/C20H20O5/c1-2-23-19-24-17(21)20(18(22)25-19,13-15-9-5-3-6-10-15)14-16-11-7-4-8-12-16/h3-12,19H,2,13-14H2,1H3. The van der Waals surface area contributed by atoms with Gasteiger partial charge in [0.1, 0.15) is 0 Å². The average Bonchev–Trinajstić information content (AvgIpc) is 2.62. The summed E-state index contributed by atoms with van der Waals surface area (Å²) >= 11 is 0. The van der Waals surface area contributed by atoms with E-state index in [1.165, 1.54) is 0 Å². The molecule has 0 unspecified atom stereocenters. The van der Waals surface area contributed by atoms with Gasteiger partial charge in [-0.3, -0.25) is 9.59 Å². The molecule has 1 saturated heterocycles. The van der Waals surface area contributed by atoms with E-state index in [4.69, 9.17) is 14.2 Å². The van der Waals surface area contributed by atoms with Crippen LogP contribution in [0.4, 0.5) is 0 Å². The quantitative estimate of drug-likeness (QED) is 0.598. The summed E-state index contributed by atoms with van der Waals surface area (Å²) in [7, 11) is 0. The third-order valence-electron chi connectivity index (χ3n) is 4.19. The molecule has 0 saturated carbocycles. The van der Waals surface area contributed by atoms with E-state index < -0.39 is 23.8 Å². The lowest BCUT2D eigenvalue weighted by Gasteiger charge is -2.36. The first-order valence-corrected chi connectivity index (χ1v) is 8.25. The van der Waals surface area contributed by atoms with Crippen molar-refractivity contribution in [2.45, 2.75) is 26.2 Å². The summed E-state index contributed by atoms with van der Waals surface area (Å²) in [5, 5.41) is 0. The highest BCUT2D eigenvalue weighted by Crippen LogP contribution is 2.35. The van der Waals surface area contributed by atoms with Crippen LogP contribution in [-0.2, 0) is 36.6 Å². The Morgan fingerprint density at radius 2 is 1.28 bits per heavy atom. The monoisotopic (exact) mass is 340 g/mol. The van der Waals surface area contributed by atoms with Gasteiger partial charge in [0.2, 0.25) is 0 Å². The van der Waals surface area contributed by atoms with Crippen molar-refractivity contribution in [3.63, 3.8) is 0 Å². The minimum atomic E-state index is -1.42. The molecule has 0 spiro atoms. The van der Waals surface area contributed by atoms with Crippen molar-refractivity contribution in [2.75, 3.05) is 6.61 Å². The first-order valence-electron chi connectivity index (χ1n) is 8.25. The van der Waals surface area contributed by atoms with Gasteiger partial charge in [0.15, 0.2) is 5.41 Å². The molecule has 0 bridgehead atoms. The van der Waals surface area contributed by atoms with Gasteiger partial charge < -0.3 is 14.2 Å². The summed E-state index contributed by atoms with van der Waals surface area (Å²) in [6.07, 6.45) is 0.415. The predicted molar refractivity (Wildman–Crippen MR) is 90.3 cm³/mol. The van der Waals surface area contributed by atoms with E-state index in [-0.39, 0.29) is 19.4 Å². The molecule has 1 heterocycles. The smallest absolute Gasteiger partial charge is 0.365 e. The Morgan fingerprint density at radius 1 is 0.840 bits per heavy atom. The Labute approximate surface area is 146 Å². The SMILES string of the molecule is CCOC1OC(=O)C(Cc2ccccc2)(Cc2ccccc2)C(=O)O1. The van der Waals surface area contributed by atoms with Gasteiger partial charge in [-0.1, -0.05) is 60.7 Å². The highest BCUT2D eigenvalue weighted by Gasteiger charge is 2.54. The summed E-state index contributed by atoms with van der Waals surface area (Å²) in [6, 6.07) is 18.8. The van der Waals surface area contributed by atoms with Gasteiger partial charge >= 0.3 is 18.4 Å². The molecule has 5 nitrogen and oxygen atoms in total. The number of hydrogen-bond donors (Lipinski definition) is 0. The maximum atomic E-state index is 12.8. The van der Waals surface area contributed by atoms with Gasteiger partial charge in [-0.25, -0.2) is 0 Å². The molecule has 0 N–H and O–H groups in total. The first-order chi connectivity index (χ1) is 12.1. The molecule has 0 atom stereocenters. The fraction of sp³-hybridized carbons (Fsp3) is 0.300. The zero-order chi connectivity index (χ0) is 17.7. The molecule has 1 fully saturated rings. The van der Waals surface area contributed by atoms with E-state index in [2.05, 4.69) is 0 Å². The molecule has 2 aromatic rings. The molecule has 0 aliphatic carbocycles. The summed E-state index contributed by atoms with van der Waals surface area (Å²) in [6.45, 7) is 0.734. The van der Waals surface area contributed by atoms with Crippen molar-refractivity contribution in [1.82, 2.24) is 0 Å². The lowest BCUT2D eigenvalue weighted by Crippen LogP contribution is -2.53. The predicted octanol–water partition coefficient (Wildman–Crippen LogP) is 2.88. The minimum Gasteiger partial charge on any atom is -0.399 e. The van der Waals surface area contributed by atoms with Gasteiger partial charge in [0, 0.05) is 0 Å². The molecule has 5 heteroatoms. The summed E-state index contributed by atoms with van der Waals surface area (Å²) < 4.78 is 15.6. The number of cyclic esters (lactones) is 2. The first kappa shape index (κ1) is 17.2. The zero-order valence-corrected chi connectivity index (χ0v) is 14.0. The Hall–Kier alpha value is -2.66. The van der Waals surface area contributed by atoms with Gasteiger partial charge in [-0.2, -0.15) is 0 Å². The number of hydrogen-bond acceptors (Lipinski definition) is 5. The molecular formula is C20H20O5. The third kappa shape index (κ3) is 3.72. The molecule has 130 valence electrons.